The van der Waals surface area contributed by atoms with Gasteiger partial charge in [-0.05, 0) is 41.9 Å². The van der Waals surface area contributed by atoms with Crippen LogP contribution in [-0.2, 0) is 4.79 Å². The molecule has 0 saturated carbocycles. The van der Waals surface area contributed by atoms with Gasteiger partial charge in [-0.15, -0.1) is 0 Å². The Kier molecular flexibility index (Phi) is 6.02. The number of hydrogen-bond donors (Lipinski definition) is 0. The lowest BCUT2D eigenvalue weighted by Gasteiger charge is -2.23. The zero-order valence-electron chi connectivity index (χ0n) is 11.5. The number of halogens is 1. The molecule has 104 valence electrons. The summed E-state index contributed by atoms with van der Waals surface area (Å²) in [4.78, 5) is 27.3. The summed E-state index contributed by atoms with van der Waals surface area (Å²) >= 11 is 3.34. The van der Waals surface area contributed by atoms with Gasteiger partial charge in [0.05, 0.1) is 12.1 Å². The largest absolute Gasteiger partial charge is 0.342 e. The predicted molar refractivity (Wildman–Crippen MR) is 79.0 cm³/mol. The van der Waals surface area contributed by atoms with Gasteiger partial charge < -0.3 is 9.80 Å². The quantitative estimate of drug-likeness (QED) is 0.833. The third kappa shape index (κ3) is 4.06. The molecule has 0 N–H and O–H groups in total. The first-order valence-electron chi connectivity index (χ1n) is 6.29. The van der Waals surface area contributed by atoms with Crippen molar-refractivity contribution < 1.29 is 9.59 Å². The summed E-state index contributed by atoms with van der Waals surface area (Å²) in [6, 6.07) is 7.21. The zero-order valence-corrected chi connectivity index (χ0v) is 13.1. The van der Waals surface area contributed by atoms with Gasteiger partial charge in [-0.1, -0.05) is 12.1 Å². The van der Waals surface area contributed by atoms with E-state index < -0.39 is 0 Å². The van der Waals surface area contributed by atoms with Crippen LogP contribution in [0, 0.1) is 0 Å². The van der Waals surface area contributed by atoms with Crippen molar-refractivity contribution in [2.24, 2.45) is 0 Å². The molecule has 0 atom stereocenters. The van der Waals surface area contributed by atoms with Crippen LogP contribution in [0.2, 0.25) is 0 Å². The van der Waals surface area contributed by atoms with Crippen LogP contribution in [0.1, 0.15) is 24.2 Å². The molecule has 0 aliphatic rings. The minimum absolute atomic E-state index is 0.0343. The lowest BCUT2D eigenvalue weighted by molar-refractivity contribution is -0.131. The second-order valence-electron chi connectivity index (χ2n) is 4.21. The normalized spacial score (nSPS) is 10.1. The van der Waals surface area contributed by atoms with E-state index in [9.17, 15) is 9.59 Å². The molecule has 0 aromatic heterocycles. The smallest absolute Gasteiger partial charge is 0.255 e. The fraction of sp³-hybridized carbons (Fsp3) is 0.429. The second-order valence-corrected chi connectivity index (χ2v) is 5.06. The van der Waals surface area contributed by atoms with Crippen LogP contribution in [0.25, 0.3) is 0 Å². The first kappa shape index (κ1) is 15.7. The highest BCUT2D eigenvalue weighted by Crippen LogP contribution is 2.17. The Morgan fingerprint density at radius 1 is 1.16 bits per heavy atom. The molecule has 4 nitrogen and oxygen atoms in total. The molecule has 0 bridgehead atoms. The van der Waals surface area contributed by atoms with Gasteiger partial charge in [0.25, 0.3) is 5.91 Å². The maximum absolute atomic E-state index is 12.2. The SMILES string of the molecule is CCN(CC)C(=O)CN(C)C(=O)c1ccccc1Br. The number of nitrogens with zero attached hydrogens (tertiary/aromatic N) is 2. The van der Waals surface area contributed by atoms with E-state index in [1.807, 2.05) is 26.0 Å². The molecule has 0 aliphatic heterocycles. The van der Waals surface area contributed by atoms with E-state index in [-0.39, 0.29) is 18.4 Å². The second kappa shape index (κ2) is 7.28. The van der Waals surface area contributed by atoms with Crippen LogP contribution in [0.4, 0.5) is 0 Å². The third-order valence-corrected chi connectivity index (χ3v) is 3.63. The average molecular weight is 327 g/mol. The number of benzene rings is 1. The molecule has 0 heterocycles. The molecule has 19 heavy (non-hydrogen) atoms. The van der Waals surface area contributed by atoms with Crippen LogP contribution < -0.4 is 0 Å². The maximum atomic E-state index is 12.2. The van der Waals surface area contributed by atoms with Crippen LogP contribution in [0.3, 0.4) is 0 Å². The van der Waals surface area contributed by atoms with E-state index in [2.05, 4.69) is 15.9 Å². The molecule has 1 aromatic carbocycles. The summed E-state index contributed by atoms with van der Waals surface area (Å²) < 4.78 is 0.738. The summed E-state index contributed by atoms with van der Waals surface area (Å²) in [6.07, 6.45) is 0. The van der Waals surface area contributed by atoms with Crippen molar-refractivity contribution in [2.45, 2.75) is 13.8 Å². The van der Waals surface area contributed by atoms with E-state index in [1.165, 1.54) is 4.90 Å². The van der Waals surface area contributed by atoms with Gasteiger partial charge in [-0.25, -0.2) is 0 Å². The number of hydrogen-bond acceptors (Lipinski definition) is 2. The number of carbonyl (C=O) groups excluding carboxylic acids is 2. The molecule has 0 fully saturated rings. The minimum Gasteiger partial charge on any atom is -0.342 e. The monoisotopic (exact) mass is 326 g/mol. The lowest BCUT2D eigenvalue weighted by Crippen LogP contribution is -2.41. The van der Waals surface area contributed by atoms with Gasteiger partial charge >= 0.3 is 0 Å². The van der Waals surface area contributed by atoms with E-state index in [1.54, 1.807) is 24.1 Å². The van der Waals surface area contributed by atoms with Gasteiger partial charge in [-0.2, -0.15) is 0 Å². The van der Waals surface area contributed by atoms with Crippen LogP contribution in [0.15, 0.2) is 28.7 Å². The summed E-state index contributed by atoms with van der Waals surface area (Å²) in [5.74, 6) is -0.194. The van der Waals surface area contributed by atoms with E-state index in [0.29, 0.717) is 18.7 Å². The van der Waals surface area contributed by atoms with Crippen LogP contribution >= 0.6 is 15.9 Å². The van der Waals surface area contributed by atoms with E-state index in [4.69, 9.17) is 0 Å². The van der Waals surface area contributed by atoms with Crippen molar-refractivity contribution in [1.29, 1.82) is 0 Å². The number of amides is 2. The topological polar surface area (TPSA) is 40.6 Å². The van der Waals surface area contributed by atoms with Gasteiger partial charge in [0, 0.05) is 24.6 Å². The van der Waals surface area contributed by atoms with Gasteiger partial charge in [0.15, 0.2) is 0 Å². The Labute approximate surface area is 122 Å². The first-order valence-corrected chi connectivity index (χ1v) is 7.08. The van der Waals surface area contributed by atoms with Crippen LogP contribution in [-0.4, -0.2) is 48.3 Å². The molecule has 0 spiro atoms. The zero-order chi connectivity index (χ0) is 14.4. The molecule has 1 aromatic rings. The Hall–Kier alpha value is -1.36. The van der Waals surface area contributed by atoms with Crippen molar-refractivity contribution in [3.63, 3.8) is 0 Å². The number of carbonyl (C=O) groups is 2. The van der Waals surface area contributed by atoms with Crippen molar-refractivity contribution in [1.82, 2.24) is 9.80 Å². The molecule has 2 amide bonds. The van der Waals surface area contributed by atoms with Crippen molar-refractivity contribution in [2.75, 3.05) is 26.7 Å². The Morgan fingerprint density at radius 3 is 2.26 bits per heavy atom. The molecular weight excluding hydrogens is 308 g/mol. The van der Waals surface area contributed by atoms with Crippen molar-refractivity contribution >= 4 is 27.7 Å². The summed E-state index contributed by atoms with van der Waals surface area (Å²) in [7, 11) is 1.64. The first-order chi connectivity index (χ1) is 9.01. The van der Waals surface area contributed by atoms with Crippen molar-refractivity contribution in [3.05, 3.63) is 34.3 Å². The van der Waals surface area contributed by atoms with Gasteiger partial charge in [0.1, 0.15) is 0 Å². The fourth-order valence-corrected chi connectivity index (χ4v) is 2.25. The van der Waals surface area contributed by atoms with Gasteiger partial charge in [0.2, 0.25) is 5.91 Å². The summed E-state index contributed by atoms with van der Waals surface area (Å²) in [5.41, 5.74) is 0.567. The summed E-state index contributed by atoms with van der Waals surface area (Å²) in [5, 5.41) is 0. The Bertz CT molecular complexity index is 459. The third-order valence-electron chi connectivity index (χ3n) is 2.94. The number of likely N-dealkylation sites (N-methyl/N-ethyl adjacent to an activating group) is 2. The molecule has 1 rings (SSSR count). The molecule has 5 heteroatoms. The fourth-order valence-electron chi connectivity index (χ4n) is 1.79. The highest BCUT2D eigenvalue weighted by Gasteiger charge is 2.19. The predicted octanol–water partition coefficient (Wildman–Crippen LogP) is 2.39. The molecule has 0 unspecified atom stereocenters. The average Bonchev–Trinajstić information content (AvgIpc) is 2.39. The van der Waals surface area contributed by atoms with Crippen molar-refractivity contribution in [3.8, 4) is 0 Å². The van der Waals surface area contributed by atoms with E-state index in [0.717, 1.165) is 4.47 Å². The lowest BCUT2D eigenvalue weighted by atomic mass is 10.2. The highest BCUT2D eigenvalue weighted by atomic mass is 79.9. The van der Waals surface area contributed by atoms with Crippen LogP contribution in [0.5, 0.6) is 0 Å². The maximum Gasteiger partial charge on any atom is 0.255 e. The molecule has 0 aliphatic carbocycles. The Balaban J connectivity index is 2.74. The molecular formula is C14H19BrN2O2. The summed E-state index contributed by atoms with van der Waals surface area (Å²) in [6.45, 7) is 5.27. The number of rotatable bonds is 5. The van der Waals surface area contributed by atoms with E-state index >= 15 is 0 Å². The standard InChI is InChI=1S/C14H19BrN2O2/c1-4-17(5-2)13(18)10-16(3)14(19)11-8-6-7-9-12(11)15/h6-9H,4-5,10H2,1-3H3. The van der Waals surface area contributed by atoms with Gasteiger partial charge in [-0.3, -0.25) is 9.59 Å². The Morgan fingerprint density at radius 2 is 1.74 bits per heavy atom. The molecule has 0 saturated heterocycles. The highest BCUT2D eigenvalue weighted by molar-refractivity contribution is 9.10. The minimum atomic E-state index is -0.159. The molecule has 0 radical (unpaired) electrons.